The van der Waals surface area contributed by atoms with Gasteiger partial charge in [-0.15, -0.1) is 0 Å². The summed E-state index contributed by atoms with van der Waals surface area (Å²) < 4.78 is 5.22. The molecule has 0 aliphatic rings. The third-order valence-corrected chi connectivity index (χ3v) is 4.53. The van der Waals surface area contributed by atoms with Gasteiger partial charge in [0.2, 0.25) is 0 Å². The van der Waals surface area contributed by atoms with Crippen molar-refractivity contribution in [2.24, 2.45) is 5.10 Å². The lowest BCUT2D eigenvalue weighted by atomic mass is 10.0. The van der Waals surface area contributed by atoms with E-state index in [0.717, 1.165) is 27.8 Å². The van der Waals surface area contributed by atoms with E-state index in [4.69, 9.17) is 9.72 Å². The minimum atomic E-state index is -0.287. The van der Waals surface area contributed by atoms with E-state index in [2.05, 4.69) is 10.5 Å². The summed E-state index contributed by atoms with van der Waals surface area (Å²) in [4.78, 5) is 17.6. The van der Waals surface area contributed by atoms with Crippen LogP contribution in [-0.2, 0) is 0 Å². The zero-order valence-corrected chi connectivity index (χ0v) is 15.9. The molecule has 4 rings (SSSR count). The number of hydrogen-bond donors (Lipinski definition) is 1. The maximum absolute atomic E-state index is 12.9. The number of amides is 1. The minimum Gasteiger partial charge on any atom is -0.497 e. The van der Waals surface area contributed by atoms with Crippen LogP contribution in [0.25, 0.3) is 22.2 Å². The van der Waals surface area contributed by atoms with E-state index >= 15 is 0 Å². The fourth-order valence-corrected chi connectivity index (χ4v) is 3.04. The van der Waals surface area contributed by atoms with Crippen LogP contribution in [0.3, 0.4) is 0 Å². The molecule has 0 atom stereocenters. The number of fused-ring (bicyclic) bond motifs is 1. The van der Waals surface area contributed by atoms with Crippen LogP contribution in [0.1, 0.15) is 15.9 Å². The third-order valence-electron chi connectivity index (χ3n) is 4.53. The Bertz CT molecular complexity index is 1170. The van der Waals surface area contributed by atoms with Crippen molar-refractivity contribution in [3.63, 3.8) is 0 Å². The zero-order chi connectivity index (χ0) is 20.1. The summed E-state index contributed by atoms with van der Waals surface area (Å²) in [6, 6.07) is 26.5. The fourth-order valence-electron chi connectivity index (χ4n) is 3.04. The molecule has 5 nitrogen and oxygen atoms in total. The highest BCUT2D eigenvalue weighted by Gasteiger charge is 2.13. The van der Waals surface area contributed by atoms with E-state index in [-0.39, 0.29) is 5.91 Å². The maximum Gasteiger partial charge on any atom is 0.272 e. The Morgan fingerprint density at radius 2 is 1.69 bits per heavy atom. The summed E-state index contributed by atoms with van der Waals surface area (Å²) in [6.45, 7) is 0. The van der Waals surface area contributed by atoms with E-state index in [1.54, 1.807) is 19.4 Å². The zero-order valence-electron chi connectivity index (χ0n) is 15.9. The molecule has 1 heterocycles. The molecule has 29 heavy (non-hydrogen) atoms. The van der Waals surface area contributed by atoms with Crippen LogP contribution in [0.2, 0.25) is 0 Å². The minimum absolute atomic E-state index is 0.287. The molecule has 4 aromatic rings. The van der Waals surface area contributed by atoms with Gasteiger partial charge < -0.3 is 4.74 Å². The summed E-state index contributed by atoms with van der Waals surface area (Å²) in [5.41, 5.74) is 6.41. The van der Waals surface area contributed by atoms with Crippen molar-refractivity contribution < 1.29 is 9.53 Å². The molecule has 0 saturated carbocycles. The van der Waals surface area contributed by atoms with Crippen LogP contribution in [0.4, 0.5) is 0 Å². The Balaban J connectivity index is 1.68. The van der Waals surface area contributed by atoms with E-state index in [0.29, 0.717) is 11.3 Å². The fraction of sp³-hybridized carbons (Fsp3) is 0.0417. The molecule has 0 radical (unpaired) electrons. The standard InChI is InChI=1S/C24H19N3O2/c1-29-19-13-11-18(12-14-19)23-15-21(20-9-5-6-10-22(20)26-23)24(28)27-25-16-17-7-3-2-4-8-17/h2-16H,1H3,(H,27,28)/b25-16+. The highest BCUT2D eigenvalue weighted by atomic mass is 16.5. The SMILES string of the molecule is COc1ccc(-c2cc(C(=O)N/N=C/c3ccccc3)c3ccccc3n2)cc1. The van der Waals surface area contributed by atoms with Gasteiger partial charge in [0.25, 0.3) is 5.91 Å². The molecule has 3 aromatic carbocycles. The first-order valence-electron chi connectivity index (χ1n) is 9.17. The summed E-state index contributed by atoms with van der Waals surface area (Å²) in [6.07, 6.45) is 1.62. The van der Waals surface area contributed by atoms with Crippen LogP contribution < -0.4 is 10.2 Å². The molecule has 1 N–H and O–H groups in total. The molecule has 5 heteroatoms. The predicted molar refractivity (Wildman–Crippen MR) is 115 cm³/mol. The second kappa shape index (κ2) is 8.35. The Hall–Kier alpha value is -3.99. The van der Waals surface area contributed by atoms with Crippen LogP contribution in [0.5, 0.6) is 5.75 Å². The summed E-state index contributed by atoms with van der Waals surface area (Å²) >= 11 is 0. The molecule has 0 unspecified atom stereocenters. The van der Waals surface area contributed by atoms with Gasteiger partial charge >= 0.3 is 0 Å². The van der Waals surface area contributed by atoms with Crippen LogP contribution in [-0.4, -0.2) is 24.2 Å². The number of aromatic nitrogens is 1. The number of nitrogens with zero attached hydrogens (tertiary/aromatic N) is 2. The van der Waals surface area contributed by atoms with Crippen molar-refractivity contribution in [3.8, 4) is 17.0 Å². The van der Waals surface area contributed by atoms with Crippen molar-refractivity contribution >= 4 is 23.0 Å². The number of carbonyl (C=O) groups excluding carboxylic acids is 1. The molecule has 0 fully saturated rings. The lowest BCUT2D eigenvalue weighted by Crippen LogP contribution is -2.18. The third kappa shape index (κ3) is 4.14. The largest absolute Gasteiger partial charge is 0.497 e. The maximum atomic E-state index is 12.9. The van der Waals surface area contributed by atoms with Crippen molar-refractivity contribution in [1.29, 1.82) is 0 Å². The second-order valence-electron chi connectivity index (χ2n) is 6.41. The molecule has 142 valence electrons. The van der Waals surface area contributed by atoms with Gasteiger partial charge in [0, 0.05) is 10.9 Å². The lowest BCUT2D eigenvalue weighted by Gasteiger charge is -2.09. The number of rotatable bonds is 5. The van der Waals surface area contributed by atoms with E-state index in [9.17, 15) is 4.79 Å². The molecular weight excluding hydrogens is 362 g/mol. The van der Waals surface area contributed by atoms with Crippen molar-refractivity contribution in [3.05, 3.63) is 96.1 Å². The molecule has 0 aliphatic carbocycles. The average molecular weight is 381 g/mol. The first-order chi connectivity index (χ1) is 14.2. The van der Waals surface area contributed by atoms with Gasteiger partial charge in [-0.25, -0.2) is 10.4 Å². The smallest absolute Gasteiger partial charge is 0.272 e. The van der Waals surface area contributed by atoms with Crippen molar-refractivity contribution in [2.75, 3.05) is 7.11 Å². The monoisotopic (exact) mass is 381 g/mol. The van der Waals surface area contributed by atoms with Crippen molar-refractivity contribution in [2.45, 2.75) is 0 Å². The molecule has 0 spiro atoms. The number of hydrogen-bond acceptors (Lipinski definition) is 4. The molecule has 0 aliphatic heterocycles. The summed E-state index contributed by atoms with van der Waals surface area (Å²) in [5, 5.41) is 4.86. The van der Waals surface area contributed by atoms with Gasteiger partial charge in [-0.05, 0) is 42.0 Å². The molecule has 0 bridgehead atoms. The van der Waals surface area contributed by atoms with Crippen LogP contribution in [0.15, 0.2) is 90.0 Å². The van der Waals surface area contributed by atoms with E-state index in [1.165, 1.54) is 0 Å². The number of pyridine rings is 1. The highest BCUT2D eigenvalue weighted by Crippen LogP contribution is 2.26. The van der Waals surface area contributed by atoms with E-state index < -0.39 is 0 Å². The Labute approximate surface area is 168 Å². The Kier molecular flexibility index (Phi) is 5.29. The number of carbonyl (C=O) groups is 1. The second-order valence-corrected chi connectivity index (χ2v) is 6.41. The number of hydrazone groups is 1. The lowest BCUT2D eigenvalue weighted by molar-refractivity contribution is 0.0956. The number of ether oxygens (including phenoxy) is 1. The van der Waals surface area contributed by atoms with Crippen LogP contribution in [0, 0.1) is 0 Å². The predicted octanol–water partition coefficient (Wildman–Crippen LogP) is 4.67. The van der Waals surface area contributed by atoms with Gasteiger partial charge in [-0.3, -0.25) is 4.79 Å². The highest BCUT2D eigenvalue weighted by molar-refractivity contribution is 6.07. The molecule has 1 amide bonds. The first kappa shape index (κ1) is 18.4. The number of para-hydroxylation sites is 1. The molecule has 1 aromatic heterocycles. The molecular formula is C24H19N3O2. The topological polar surface area (TPSA) is 63.6 Å². The van der Waals surface area contributed by atoms with Gasteiger partial charge in [-0.1, -0.05) is 48.5 Å². The van der Waals surface area contributed by atoms with Crippen molar-refractivity contribution in [1.82, 2.24) is 10.4 Å². The van der Waals surface area contributed by atoms with E-state index in [1.807, 2.05) is 78.9 Å². The number of methoxy groups -OCH3 is 1. The summed E-state index contributed by atoms with van der Waals surface area (Å²) in [7, 11) is 1.63. The van der Waals surface area contributed by atoms with Crippen LogP contribution >= 0.6 is 0 Å². The number of nitrogens with one attached hydrogen (secondary N) is 1. The van der Waals surface area contributed by atoms with Gasteiger partial charge in [0.05, 0.1) is 30.1 Å². The normalized spacial score (nSPS) is 10.9. The summed E-state index contributed by atoms with van der Waals surface area (Å²) in [5.74, 6) is 0.480. The average Bonchev–Trinajstić information content (AvgIpc) is 2.79. The first-order valence-corrected chi connectivity index (χ1v) is 9.17. The quantitative estimate of drug-likeness (QED) is 0.403. The van der Waals surface area contributed by atoms with Gasteiger partial charge in [0.15, 0.2) is 0 Å². The Morgan fingerprint density at radius 1 is 0.966 bits per heavy atom. The van der Waals surface area contributed by atoms with Gasteiger partial charge in [0.1, 0.15) is 5.75 Å². The van der Waals surface area contributed by atoms with Gasteiger partial charge in [-0.2, -0.15) is 5.10 Å². The molecule has 0 saturated heterocycles. The number of benzene rings is 3. The Morgan fingerprint density at radius 3 is 2.45 bits per heavy atom.